The molecule has 18 heavy (non-hydrogen) atoms. The van der Waals surface area contributed by atoms with E-state index in [-0.39, 0.29) is 12.6 Å². The number of hydrogen-bond donors (Lipinski definition) is 2. The maximum Gasteiger partial charge on any atom is 0.451 e. The Bertz CT molecular complexity index is 506. The first-order chi connectivity index (χ1) is 8.38. The second kappa shape index (κ2) is 4.31. The second-order valence-corrected chi connectivity index (χ2v) is 3.62. The van der Waals surface area contributed by atoms with Crippen LogP contribution in [-0.2, 0) is 15.7 Å². The summed E-state index contributed by atoms with van der Waals surface area (Å²) >= 11 is 0. The van der Waals surface area contributed by atoms with Gasteiger partial charge in [-0.3, -0.25) is 5.10 Å². The van der Waals surface area contributed by atoms with Gasteiger partial charge in [-0.05, 0) is 6.92 Å². The molecule has 0 amide bonds. The van der Waals surface area contributed by atoms with Crippen LogP contribution in [0.2, 0.25) is 0 Å². The summed E-state index contributed by atoms with van der Waals surface area (Å²) in [6.07, 6.45) is -4.17. The number of nitrogens with zero attached hydrogens (tertiary/aromatic N) is 2. The highest BCUT2D eigenvalue weighted by molar-refractivity contribution is 5.91. The molecule has 2 heterocycles. The van der Waals surface area contributed by atoms with Gasteiger partial charge in [-0.25, -0.2) is 4.79 Å². The van der Waals surface area contributed by atoms with Gasteiger partial charge in [-0.2, -0.15) is 18.2 Å². The number of allylic oxidation sites excluding steroid dienone is 1. The van der Waals surface area contributed by atoms with E-state index in [0.29, 0.717) is 17.7 Å². The van der Waals surface area contributed by atoms with Gasteiger partial charge in [-0.1, -0.05) is 0 Å². The lowest BCUT2D eigenvalue weighted by atomic mass is 10.2. The van der Waals surface area contributed by atoms with Gasteiger partial charge in [-0.15, -0.1) is 5.10 Å². The number of hydrogen-bond acceptors (Lipinski definition) is 5. The van der Waals surface area contributed by atoms with Crippen LogP contribution in [-0.4, -0.2) is 27.8 Å². The van der Waals surface area contributed by atoms with Crippen LogP contribution in [0, 0.1) is 0 Å². The highest BCUT2D eigenvalue weighted by Gasteiger charge is 2.35. The number of cyclic esters (lactones) is 1. The molecule has 1 aliphatic heterocycles. The molecule has 0 bridgehead atoms. The molecule has 0 atom stereocenters. The fourth-order valence-electron chi connectivity index (χ4n) is 1.46. The highest BCUT2D eigenvalue weighted by atomic mass is 19.4. The molecule has 2 rings (SSSR count). The van der Waals surface area contributed by atoms with Crippen LogP contribution < -0.4 is 5.32 Å². The number of anilines is 1. The fraction of sp³-hybridized carbons (Fsp3) is 0.444. The number of H-pyrrole nitrogens is 1. The zero-order valence-electron chi connectivity index (χ0n) is 9.26. The van der Waals surface area contributed by atoms with Crippen molar-refractivity contribution in [2.24, 2.45) is 0 Å². The van der Waals surface area contributed by atoms with Crippen LogP contribution in [0.3, 0.4) is 0 Å². The first-order valence-corrected chi connectivity index (χ1v) is 5.01. The second-order valence-electron chi connectivity index (χ2n) is 3.62. The van der Waals surface area contributed by atoms with Gasteiger partial charge in [0.05, 0.1) is 12.2 Å². The molecule has 6 nitrogen and oxygen atoms in total. The number of rotatable bonds is 2. The number of alkyl halides is 3. The van der Waals surface area contributed by atoms with Crippen molar-refractivity contribution in [2.45, 2.75) is 19.5 Å². The lowest BCUT2D eigenvalue weighted by Crippen LogP contribution is -2.08. The van der Waals surface area contributed by atoms with Gasteiger partial charge in [0.25, 0.3) is 0 Å². The Morgan fingerprint density at radius 2 is 2.22 bits per heavy atom. The molecule has 1 aromatic heterocycles. The van der Waals surface area contributed by atoms with E-state index < -0.39 is 18.0 Å². The molecule has 1 aromatic rings. The molecule has 9 heteroatoms. The predicted molar refractivity (Wildman–Crippen MR) is 53.3 cm³/mol. The minimum absolute atomic E-state index is 0.243. The maximum atomic E-state index is 12.3. The van der Waals surface area contributed by atoms with Crippen LogP contribution in [0.25, 0.3) is 0 Å². The Hall–Kier alpha value is -2.06. The van der Waals surface area contributed by atoms with E-state index in [1.54, 1.807) is 12.0 Å². The van der Waals surface area contributed by atoms with Crippen molar-refractivity contribution in [3.8, 4) is 0 Å². The van der Waals surface area contributed by atoms with E-state index in [1.165, 1.54) is 0 Å². The van der Waals surface area contributed by atoms with Crippen LogP contribution in [0.4, 0.5) is 19.1 Å². The Kier molecular flexibility index (Phi) is 2.97. The quantitative estimate of drug-likeness (QED) is 0.623. The minimum Gasteiger partial charge on any atom is -0.462 e. The maximum absolute atomic E-state index is 12.3. The van der Waals surface area contributed by atoms with Crippen molar-refractivity contribution in [1.29, 1.82) is 0 Å². The molecule has 0 aromatic carbocycles. The molecule has 0 aliphatic carbocycles. The van der Waals surface area contributed by atoms with Gasteiger partial charge in [0.2, 0.25) is 11.8 Å². The Labute approximate surface area is 99.2 Å². The predicted octanol–water partition coefficient (Wildman–Crippen LogP) is 1.46. The number of halogens is 3. The van der Waals surface area contributed by atoms with Gasteiger partial charge in [0, 0.05) is 12.1 Å². The van der Waals surface area contributed by atoms with Gasteiger partial charge in [0.15, 0.2) is 0 Å². The number of nitrogens with one attached hydrogen (secondary N) is 2. The molecule has 0 saturated carbocycles. The summed E-state index contributed by atoms with van der Waals surface area (Å²) in [6.45, 7) is 1.82. The topological polar surface area (TPSA) is 79.9 Å². The number of esters is 1. The number of carbonyl (C=O) groups excluding carboxylic acids is 1. The van der Waals surface area contributed by atoms with Crippen molar-refractivity contribution in [3.63, 3.8) is 0 Å². The lowest BCUT2D eigenvalue weighted by molar-refractivity contribution is -0.144. The summed E-state index contributed by atoms with van der Waals surface area (Å²) in [5.41, 5.74) is 0.763. The molecule has 0 radical (unpaired) electrons. The lowest BCUT2D eigenvalue weighted by Gasteiger charge is -2.03. The molecular weight excluding hydrogens is 253 g/mol. The van der Waals surface area contributed by atoms with Crippen molar-refractivity contribution in [2.75, 3.05) is 11.9 Å². The summed E-state index contributed by atoms with van der Waals surface area (Å²) in [7, 11) is 0. The van der Waals surface area contributed by atoms with Crippen LogP contribution in [0.5, 0.6) is 0 Å². The van der Waals surface area contributed by atoms with Gasteiger partial charge < -0.3 is 10.1 Å². The van der Waals surface area contributed by atoms with E-state index in [9.17, 15) is 18.0 Å². The van der Waals surface area contributed by atoms with Crippen molar-refractivity contribution in [1.82, 2.24) is 15.2 Å². The van der Waals surface area contributed by atoms with E-state index in [0.717, 1.165) is 0 Å². The third-order valence-electron chi connectivity index (χ3n) is 2.34. The van der Waals surface area contributed by atoms with Gasteiger partial charge >= 0.3 is 12.1 Å². The third kappa shape index (κ3) is 2.44. The molecular formula is C9H9F3N4O2. The van der Waals surface area contributed by atoms with Crippen LogP contribution in [0.15, 0.2) is 11.3 Å². The smallest absolute Gasteiger partial charge is 0.451 e. The summed E-state index contributed by atoms with van der Waals surface area (Å²) in [6, 6.07) is 0. The Balaban J connectivity index is 2.15. The Morgan fingerprint density at radius 3 is 2.72 bits per heavy atom. The summed E-state index contributed by atoms with van der Waals surface area (Å²) < 4.78 is 41.5. The average Bonchev–Trinajstić information content (AvgIpc) is 2.85. The molecule has 0 unspecified atom stereocenters. The minimum atomic E-state index is -4.58. The van der Waals surface area contributed by atoms with Crippen molar-refractivity contribution in [3.05, 3.63) is 17.1 Å². The van der Waals surface area contributed by atoms with E-state index >= 15 is 0 Å². The molecule has 1 aliphatic rings. The SMILES string of the molecule is C/C(Nc1n[nH]c(C(F)(F)F)n1)=C1\CCOC1=O. The summed E-state index contributed by atoms with van der Waals surface area (Å²) in [5.74, 6) is -1.92. The van der Waals surface area contributed by atoms with Crippen LogP contribution >= 0.6 is 0 Å². The van der Waals surface area contributed by atoms with Crippen LogP contribution in [0.1, 0.15) is 19.2 Å². The highest BCUT2D eigenvalue weighted by Crippen LogP contribution is 2.26. The van der Waals surface area contributed by atoms with E-state index in [1.807, 2.05) is 0 Å². The average molecular weight is 262 g/mol. The third-order valence-corrected chi connectivity index (χ3v) is 2.34. The summed E-state index contributed by atoms with van der Waals surface area (Å²) in [4.78, 5) is 14.5. The number of ether oxygens (including phenoxy) is 1. The number of aromatic amines is 1. The molecule has 2 N–H and O–H groups in total. The largest absolute Gasteiger partial charge is 0.462 e. The fourth-order valence-corrected chi connectivity index (χ4v) is 1.46. The number of carbonyl (C=O) groups is 1. The summed E-state index contributed by atoms with van der Waals surface area (Å²) in [5, 5.41) is 7.66. The standard InChI is InChI=1S/C9H9F3N4O2/c1-4(5-2-3-18-6(5)17)13-8-14-7(15-16-8)9(10,11)12/h2-3H2,1H3,(H2,13,14,15,16)/b5-4-. The van der Waals surface area contributed by atoms with Crippen molar-refractivity contribution >= 4 is 11.9 Å². The monoisotopic (exact) mass is 262 g/mol. The van der Waals surface area contributed by atoms with Crippen molar-refractivity contribution < 1.29 is 22.7 Å². The molecule has 0 spiro atoms. The first kappa shape index (κ1) is 12.4. The zero-order chi connectivity index (χ0) is 13.3. The first-order valence-electron chi connectivity index (χ1n) is 5.01. The normalized spacial score (nSPS) is 18.8. The van der Waals surface area contributed by atoms with E-state index in [2.05, 4.69) is 15.4 Å². The molecule has 1 fully saturated rings. The van der Waals surface area contributed by atoms with E-state index in [4.69, 9.17) is 4.74 Å². The zero-order valence-corrected chi connectivity index (χ0v) is 9.26. The molecule has 1 saturated heterocycles. The Morgan fingerprint density at radius 1 is 1.50 bits per heavy atom. The van der Waals surface area contributed by atoms with Gasteiger partial charge in [0.1, 0.15) is 0 Å². The molecule has 98 valence electrons. The number of aromatic nitrogens is 3.